The summed E-state index contributed by atoms with van der Waals surface area (Å²) in [6, 6.07) is 0.282. The third-order valence-corrected chi connectivity index (χ3v) is 4.39. The molecular weight excluding hydrogens is 272 g/mol. The SMILES string of the molecule is CCCC(C)NC(=O)CN1CCN(c2nccs2)CC1. The average molecular weight is 296 g/mol. The highest BCUT2D eigenvalue weighted by Crippen LogP contribution is 2.18. The van der Waals surface area contributed by atoms with Gasteiger partial charge in [-0.25, -0.2) is 4.98 Å². The molecule has 1 fully saturated rings. The van der Waals surface area contributed by atoms with Crippen molar-refractivity contribution in [3.8, 4) is 0 Å². The Bertz CT molecular complexity index is 401. The van der Waals surface area contributed by atoms with Gasteiger partial charge in [0.2, 0.25) is 5.91 Å². The Morgan fingerprint density at radius 2 is 2.20 bits per heavy atom. The zero-order valence-corrected chi connectivity index (χ0v) is 13.2. The van der Waals surface area contributed by atoms with E-state index >= 15 is 0 Å². The van der Waals surface area contributed by atoms with Crippen molar-refractivity contribution in [2.45, 2.75) is 32.7 Å². The van der Waals surface area contributed by atoms with Gasteiger partial charge in [-0.15, -0.1) is 11.3 Å². The molecule has 1 aromatic heterocycles. The zero-order valence-electron chi connectivity index (χ0n) is 12.3. The second kappa shape index (κ2) is 7.59. The second-order valence-corrected chi connectivity index (χ2v) is 6.21. The van der Waals surface area contributed by atoms with Crippen molar-refractivity contribution in [3.63, 3.8) is 0 Å². The summed E-state index contributed by atoms with van der Waals surface area (Å²) in [7, 11) is 0. The zero-order chi connectivity index (χ0) is 14.4. The minimum absolute atomic E-state index is 0.147. The number of carbonyl (C=O) groups excluding carboxylic acids is 1. The molecule has 1 unspecified atom stereocenters. The van der Waals surface area contributed by atoms with E-state index in [9.17, 15) is 4.79 Å². The number of piperazine rings is 1. The number of hydrogen-bond donors (Lipinski definition) is 1. The standard InChI is InChI=1S/C14H24N4OS/c1-3-4-12(2)16-13(19)11-17-6-8-18(9-7-17)14-15-5-10-20-14/h5,10,12H,3-4,6-9,11H2,1-2H3,(H,16,19). The summed E-state index contributed by atoms with van der Waals surface area (Å²) in [6.45, 7) is 8.48. The van der Waals surface area contributed by atoms with Gasteiger partial charge in [-0.1, -0.05) is 13.3 Å². The first-order chi connectivity index (χ1) is 9.69. The molecule has 1 aromatic rings. The van der Waals surface area contributed by atoms with Crippen molar-refractivity contribution in [2.24, 2.45) is 0 Å². The third kappa shape index (κ3) is 4.45. The minimum Gasteiger partial charge on any atom is -0.353 e. The number of thiazole rings is 1. The quantitative estimate of drug-likeness (QED) is 0.866. The van der Waals surface area contributed by atoms with Crippen LogP contribution in [0.2, 0.25) is 0 Å². The predicted molar refractivity (Wildman–Crippen MR) is 83.3 cm³/mol. The van der Waals surface area contributed by atoms with Gasteiger partial charge >= 0.3 is 0 Å². The van der Waals surface area contributed by atoms with Crippen molar-refractivity contribution in [1.82, 2.24) is 15.2 Å². The Kier molecular flexibility index (Phi) is 5.79. The van der Waals surface area contributed by atoms with E-state index in [1.807, 2.05) is 11.6 Å². The van der Waals surface area contributed by atoms with E-state index in [0.717, 1.165) is 44.2 Å². The van der Waals surface area contributed by atoms with E-state index in [2.05, 4.69) is 33.9 Å². The van der Waals surface area contributed by atoms with Crippen molar-refractivity contribution < 1.29 is 4.79 Å². The van der Waals surface area contributed by atoms with E-state index < -0.39 is 0 Å². The first kappa shape index (κ1) is 15.3. The van der Waals surface area contributed by atoms with E-state index in [4.69, 9.17) is 0 Å². The van der Waals surface area contributed by atoms with Crippen LogP contribution in [0.1, 0.15) is 26.7 Å². The molecular formula is C14H24N4OS. The molecule has 112 valence electrons. The Morgan fingerprint density at radius 1 is 1.45 bits per heavy atom. The second-order valence-electron chi connectivity index (χ2n) is 5.34. The summed E-state index contributed by atoms with van der Waals surface area (Å²) in [5.74, 6) is 0.147. The average Bonchev–Trinajstić information content (AvgIpc) is 2.93. The fourth-order valence-corrected chi connectivity index (χ4v) is 3.19. The topological polar surface area (TPSA) is 48.5 Å². The maximum Gasteiger partial charge on any atom is 0.234 e. The molecule has 0 bridgehead atoms. The Hall–Kier alpha value is -1.14. The Labute approximate surface area is 125 Å². The van der Waals surface area contributed by atoms with E-state index in [-0.39, 0.29) is 11.9 Å². The fourth-order valence-electron chi connectivity index (χ4n) is 2.50. The van der Waals surface area contributed by atoms with Crippen molar-refractivity contribution >= 4 is 22.4 Å². The number of nitrogens with zero attached hydrogens (tertiary/aromatic N) is 3. The van der Waals surface area contributed by atoms with E-state index in [1.165, 1.54) is 0 Å². The van der Waals surface area contributed by atoms with Crippen LogP contribution in [-0.2, 0) is 4.79 Å². The third-order valence-electron chi connectivity index (χ3n) is 3.56. The molecule has 2 rings (SSSR count). The Morgan fingerprint density at radius 3 is 2.80 bits per heavy atom. The lowest BCUT2D eigenvalue weighted by atomic mass is 10.2. The lowest BCUT2D eigenvalue weighted by Crippen LogP contribution is -2.50. The van der Waals surface area contributed by atoms with Gasteiger partial charge in [0.05, 0.1) is 6.54 Å². The predicted octanol–water partition coefficient (Wildman–Crippen LogP) is 1.57. The van der Waals surface area contributed by atoms with Gasteiger partial charge in [-0.2, -0.15) is 0 Å². The van der Waals surface area contributed by atoms with Crippen LogP contribution in [0, 0.1) is 0 Å². The molecule has 0 saturated carbocycles. The number of aromatic nitrogens is 1. The van der Waals surface area contributed by atoms with Gasteiger partial charge in [0.1, 0.15) is 0 Å². The summed E-state index contributed by atoms with van der Waals surface area (Å²) in [5, 5.41) is 6.16. The number of carbonyl (C=O) groups is 1. The van der Waals surface area contributed by atoms with Crippen LogP contribution >= 0.6 is 11.3 Å². The molecule has 1 aliphatic rings. The smallest absolute Gasteiger partial charge is 0.234 e. The van der Waals surface area contributed by atoms with Crippen molar-refractivity contribution in [1.29, 1.82) is 0 Å². The van der Waals surface area contributed by atoms with Crippen molar-refractivity contribution in [2.75, 3.05) is 37.6 Å². The number of rotatable bonds is 6. The number of hydrogen-bond acceptors (Lipinski definition) is 5. The molecule has 1 amide bonds. The van der Waals surface area contributed by atoms with Crippen LogP contribution in [0.5, 0.6) is 0 Å². The summed E-state index contributed by atoms with van der Waals surface area (Å²) in [6.07, 6.45) is 3.99. The van der Waals surface area contributed by atoms with Crippen LogP contribution in [0.15, 0.2) is 11.6 Å². The first-order valence-electron chi connectivity index (χ1n) is 7.35. The van der Waals surface area contributed by atoms with Gasteiger partial charge in [0, 0.05) is 43.8 Å². The van der Waals surface area contributed by atoms with Crippen LogP contribution in [0.4, 0.5) is 5.13 Å². The number of nitrogens with one attached hydrogen (secondary N) is 1. The molecule has 1 atom stereocenters. The maximum absolute atomic E-state index is 11.9. The van der Waals surface area contributed by atoms with Crippen LogP contribution in [0.3, 0.4) is 0 Å². The molecule has 1 N–H and O–H groups in total. The van der Waals surface area contributed by atoms with E-state index in [1.54, 1.807) is 11.3 Å². The highest BCUT2D eigenvalue weighted by atomic mass is 32.1. The van der Waals surface area contributed by atoms with E-state index in [0.29, 0.717) is 6.54 Å². The summed E-state index contributed by atoms with van der Waals surface area (Å²) >= 11 is 1.68. The molecule has 1 saturated heterocycles. The maximum atomic E-state index is 11.9. The van der Waals surface area contributed by atoms with Crippen molar-refractivity contribution in [3.05, 3.63) is 11.6 Å². The van der Waals surface area contributed by atoms with Crippen LogP contribution < -0.4 is 10.2 Å². The lowest BCUT2D eigenvalue weighted by molar-refractivity contribution is -0.122. The summed E-state index contributed by atoms with van der Waals surface area (Å²) in [4.78, 5) is 20.8. The number of amides is 1. The van der Waals surface area contributed by atoms with Crippen LogP contribution in [0.25, 0.3) is 0 Å². The lowest BCUT2D eigenvalue weighted by Gasteiger charge is -2.34. The molecule has 0 radical (unpaired) electrons. The molecule has 0 aromatic carbocycles. The number of anilines is 1. The Balaban J connectivity index is 1.70. The molecule has 6 heteroatoms. The van der Waals surface area contributed by atoms with Crippen LogP contribution in [-0.4, -0.2) is 54.6 Å². The largest absolute Gasteiger partial charge is 0.353 e. The van der Waals surface area contributed by atoms with Gasteiger partial charge < -0.3 is 10.2 Å². The molecule has 2 heterocycles. The molecule has 1 aliphatic heterocycles. The van der Waals surface area contributed by atoms with Gasteiger partial charge in [0.25, 0.3) is 0 Å². The highest BCUT2D eigenvalue weighted by molar-refractivity contribution is 7.13. The molecule has 20 heavy (non-hydrogen) atoms. The van der Waals surface area contributed by atoms with Gasteiger partial charge in [0.15, 0.2) is 5.13 Å². The summed E-state index contributed by atoms with van der Waals surface area (Å²) < 4.78 is 0. The molecule has 0 aliphatic carbocycles. The minimum atomic E-state index is 0.147. The normalized spacial score (nSPS) is 18.0. The summed E-state index contributed by atoms with van der Waals surface area (Å²) in [5.41, 5.74) is 0. The first-order valence-corrected chi connectivity index (χ1v) is 8.23. The molecule has 0 spiro atoms. The molecule has 5 nitrogen and oxygen atoms in total. The monoisotopic (exact) mass is 296 g/mol. The fraction of sp³-hybridized carbons (Fsp3) is 0.714. The van der Waals surface area contributed by atoms with Gasteiger partial charge in [-0.05, 0) is 13.3 Å². The highest BCUT2D eigenvalue weighted by Gasteiger charge is 2.20. The van der Waals surface area contributed by atoms with Gasteiger partial charge in [-0.3, -0.25) is 9.69 Å².